The van der Waals surface area contributed by atoms with Crippen molar-refractivity contribution in [3.05, 3.63) is 51.2 Å². The Morgan fingerprint density at radius 1 is 1.32 bits per heavy atom. The van der Waals surface area contributed by atoms with E-state index in [1.54, 1.807) is 0 Å². The molecule has 2 aromatic rings. The SMILES string of the molecule is Cc1cccc(C)c1OCc1ccsc1C(=O)NN. The van der Waals surface area contributed by atoms with Crippen LogP contribution in [0.1, 0.15) is 26.4 Å². The Balaban J connectivity index is 2.15. The summed E-state index contributed by atoms with van der Waals surface area (Å²) < 4.78 is 5.83. The fraction of sp³-hybridized carbons (Fsp3) is 0.214. The molecule has 3 N–H and O–H groups in total. The zero-order chi connectivity index (χ0) is 13.8. The fourth-order valence-electron chi connectivity index (χ4n) is 1.89. The molecule has 1 aromatic carbocycles. The lowest BCUT2D eigenvalue weighted by Crippen LogP contribution is -2.30. The number of thiophene rings is 1. The van der Waals surface area contributed by atoms with Crippen LogP contribution in [0.15, 0.2) is 29.6 Å². The van der Waals surface area contributed by atoms with E-state index >= 15 is 0 Å². The van der Waals surface area contributed by atoms with Crippen LogP contribution < -0.4 is 16.0 Å². The number of hydrogen-bond donors (Lipinski definition) is 2. The van der Waals surface area contributed by atoms with Crippen LogP contribution in [0.25, 0.3) is 0 Å². The highest BCUT2D eigenvalue weighted by Crippen LogP contribution is 2.25. The summed E-state index contributed by atoms with van der Waals surface area (Å²) in [5, 5.41) is 1.86. The zero-order valence-electron chi connectivity index (χ0n) is 10.9. The second kappa shape index (κ2) is 5.86. The molecule has 1 amide bonds. The molecule has 0 saturated carbocycles. The van der Waals surface area contributed by atoms with Crippen molar-refractivity contribution in [2.45, 2.75) is 20.5 Å². The lowest BCUT2D eigenvalue weighted by atomic mass is 10.1. The molecule has 0 fully saturated rings. The van der Waals surface area contributed by atoms with Gasteiger partial charge in [-0.2, -0.15) is 0 Å². The summed E-state index contributed by atoms with van der Waals surface area (Å²) in [6, 6.07) is 7.88. The van der Waals surface area contributed by atoms with Gasteiger partial charge < -0.3 is 4.74 Å². The molecule has 0 unspecified atom stereocenters. The molecule has 100 valence electrons. The number of para-hydroxylation sites is 1. The summed E-state index contributed by atoms with van der Waals surface area (Å²) >= 11 is 1.35. The Morgan fingerprint density at radius 3 is 2.63 bits per heavy atom. The van der Waals surface area contributed by atoms with Gasteiger partial charge in [-0.3, -0.25) is 10.2 Å². The second-order valence-corrected chi connectivity index (χ2v) is 5.17. The Kier molecular flexibility index (Phi) is 4.19. The molecule has 0 atom stereocenters. The molecule has 0 radical (unpaired) electrons. The van der Waals surface area contributed by atoms with Crippen molar-refractivity contribution in [2.24, 2.45) is 5.84 Å². The van der Waals surface area contributed by atoms with E-state index in [1.807, 2.05) is 43.5 Å². The number of ether oxygens (including phenoxy) is 1. The zero-order valence-corrected chi connectivity index (χ0v) is 11.7. The number of amides is 1. The summed E-state index contributed by atoms with van der Waals surface area (Å²) in [7, 11) is 0. The quantitative estimate of drug-likeness (QED) is 0.512. The molecule has 0 bridgehead atoms. The first-order chi connectivity index (χ1) is 9.13. The van der Waals surface area contributed by atoms with Crippen molar-refractivity contribution in [1.29, 1.82) is 0 Å². The Hall–Kier alpha value is -1.85. The predicted molar refractivity (Wildman–Crippen MR) is 76.2 cm³/mol. The number of hydrazine groups is 1. The molecule has 0 aliphatic heterocycles. The van der Waals surface area contributed by atoms with E-state index in [2.05, 4.69) is 5.43 Å². The maximum Gasteiger partial charge on any atom is 0.275 e. The van der Waals surface area contributed by atoms with E-state index in [9.17, 15) is 4.79 Å². The molecule has 0 aliphatic rings. The van der Waals surface area contributed by atoms with Crippen LogP contribution in [0.2, 0.25) is 0 Å². The van der Waals surface area contributed by atoms with Crippen LogP contribution in [0.4, 0.5) is 0 Å². The number of benzene rings is 1. The summed E-state index contributed by atoms with van der Waals surface area (Å²) in [6.07, 6.45) is 0. The lowest BCUT2D eigenvalue weighted by molar-refractivity contribution is 0.0955. The van der Waals surface area contributed by atoms with E-state index in [1.165, 1.54) is 11.3 Å². The van der Waals surface area contributed by atoms with Gasteiger partial charge in [-0.05, 0) is 36.4 Å². The van der Waals surface area contributed by atoms with Crippen LogP contribution in [0.3, 0.4) is 0 Å². The Labute approximate surface area is 116 Å². The molecule has 0 saturated heterocycles. The number of nitrogen functional groups attached to an aromatic ring is 1. The number of nitrogens with two attached hydrogens (primary N) is 1. The van der Waals surface area contributed by atoms with Gasteiger partial charge >= 0.3 is 0 Å². The summed E-state index contributed by atoms with van der Waals surface area (Å²) in [5.41, 5.74) is 5.15. The van der Waals surface area contributed by atoms with Gasteiger partial charge in [0.25, 0.3) is 5.91 Å². The Morgan fingerprint density at radius 2 is 2.00 bits per heavy atom. The van der Waals surface area contributed by atoms with Crippen LogP contribution in [-0.2, 0) is 6.61 Å². The van der Waals surface area contributed by atoms with Gasteiger partial charge in [-0.25, -0.2) is 5.84 Å². The van der Waals surface area contributed by atoms with Gasteiger partial charge in [0.15, 0.2) is 0 Å². The lowest BCUT2D eigenvalue weighted by Gasteiger charge is -2.12. The van der Waals surface area contributed by atoms with Gasteiger partial charge in [0, 0.05) is 5.56 Å². The summed E-state index contributed by atoms with van der Waals surface area (Å²) in [6.45, 7) is 4.37. The minimum absolute atomic E-state index is 0.282. The van der Waals surface area contributed by atoms with Gasteiger partial charge in [0.2, 0.25) is 0 Å². The van der Waals surface area contributed by atoms with Crippen molar-refractivity contribution in [3.63, 3.8) is 0 Å². The number of hydrogen-bond acceptors (Lipinski definition) is 4. The van der Waals surface area contributed by atoms with Crippen molar-refractivity contribution in [2.75, 3.05) is 0 Å². The largest absolute Gasteiger partial charge is 0.488 e. The number of rotatable bonds is 4. The monoisotopic (exact) mass is 276 g/mol. The number of aryl methyl sites for hydroxylation is 2. The minimum Gasteiger partial charge on any atom is -0.488 e. The smallest absolute Gasteiger partial charge is 0.275 e. The minimum atomic E-state index is -0.282. The second-order valence-electron chi connectivity index (χ2n) is 4.26. The highest BCUT2D eigenvalue weighted by molar-refractivity contribution is 7.12. The van der Waals surface area contributed by atoms with E-state index in [0.29, 0.717) is 11.5 Å². The van der Waals surface area contributed by atoms with E-state index in [4.69, 9.17) is 10.6 Å². The topological polar surface area (TPSA) is 64.3 Å². The van der Waals surface area contributed by atoms with Crippen LogP contribution in [-0.4, -0.2) is 5.91 Å². The third-order valence-corrected chi connectivity index (χ3v) is 3.82. The third kappa shape index (κ3) is 2.94. The highest BCUT2D eigenvalue weighted by atomic mass is 32.1. The summed E-state index contributed by atoms with van der Waals surface area (Å²) in [4.78, 5) is 12.2. The standard InChI is InChI=1S/C14H16N2O2S/c1-9-4-3-5-10(2)12(9)18-8-11-6-7-19-13(11)14(17)16-15/h3-7H,8,15H2,1-2H3,(H,16,17). The average Bonchev–Trinajstić information content (AvgIpc) is 2.85. The molecular formula is C14H16N2O2S. The van der Waals surface area contributed by atoms with Crippen LogP contribution in [0, 0.1) is 13.8 Å². The normalized spacial score (nSPS) is 10.3. The number of carbonyl (C=O) groups is 1. The van der Waals surface area contributed by atoms with Gasteiger partial charge in [-0.1, -0.05) is 18.2 Å². The highest BCUT2D eigenvalue weighted by Gasteiger charge is 2.13. The fourth-order valence-corrected chi connectivity index (χ4v) is 2.70. The first-order valence-electron chi connectivity index (χ1n) is 5.90. The maximum absolute atomic E-state index is 11.6. The number of carbonyl (C=O) groups excluding carboxylic acids is 1. The molecular weight excluding hydrogens is 260 g/mol. The van der Waals surface area contributed by atoms with E-state index < -0.39 is 0 Å². The predicted octanol–water partition coefficient (Wildman–Crippen LogP) is 2.55. The van der Waals surface area contributed by atoms with Crippen molar-refractivity contribution in [1.82, 2.24) is 5.43 Å². The average molecular weight is 276 g/mol. The van der Waals surface area contributed by atoms with E-state index in [0.717, 1.165) is 22.4 Å². The first-order valence-corrected chi connectivity index (χ1v) is 6.77. The maximum atomic E-state index is 11.6. The first kappa shape index (κ1) is 13.6. The van der Waals surface area contributed by atoms with Crippen LogP contribution >= 0.6 is 11.3 Å². The molecule has 0 spiro atoms. The molecule has 4 nitrogen and oxygen atoms in total. The van der Waals surface area contributed by atoms with Crippen molar-refractivity contribution in [3.8, 4) is 5.75 Å². The van der Waals surface area contributed by atoms with Gasteiger partial charge in [0.1, 0.15) is 12.4 Å². The number of nitrogens with one attached hydrogen (secondary N) is 1. The van der Waals surface area contributed by atoms with Crippen LogP contribution in [0.5, 0.6) is 5.75 Å². The van der Waals surface area contributed by atoms with E-state index in [-0.39, 0.29) is 5.91 Å². The van der Waals surface area contributed by atoms with Gasteiger partial charge in [0.05, 0.1) is 4.88 Å². The molecule has 2 rings (SSSR count). The molecule has 1 heterocycles. The summed E-state index contributed by atoms with van der Waals surface area (Å²) in [5.74, 6) is 5.74. The molecule has 19 heavy (non-hydrogen) atoms. The third-order valence-electron chi connectivity index (χ3n) is 2.86. The molecule has 0 aliphatic carbocycles. The molecule has 5 heteroatoms. The van der Waals surface area contributed by atoms with Gasteiger partial charge in [-0.15, -0.1) is 11.3 Å². The Bertz CT molecular complexity index is 573. The molecule has 1 aromatic heterocycles. The van der Waals surface area contributed by atoms with Crippen molar-refractivity contribution < 1.29 is 9.53 Å². The van der Waals surface area contributed by atoms with Crippen molar-refractivity contribution >= 4 is 17.2 Å².